The Morgan fingerprint density at radius 2 is 1.46 bits per heavy atom. The molecule has 4 heteroatoms. The van der Waals surface area contributed by atoms with Gasteiger partial charge in [-0.2, -0.15) is 0 Å². The fourth-order valence-corrected chi connectivity index (χ4v) is 3.41. The van der Waals surface area contributed by atoms with Crippen molar-refractivity contribution in [1.29, 1.82) is 0 Å². The molecule has 0 aliphatic carbocycles. The monoisotopic (exact) mass is 363 g/mol. The number of hydrogen-bond donors (Lipinski definition) is 1. The van der Waals surface area contributed by atoms with Gasteiger partial charge in [0.25, 0.3) is 0 Å². The molecule has 3 rings (SSSR count). The van der Waals surface area contributed by atoms with E-state index < -0.39 is 0 Å². The molecule has 0 fully saturated rings. The minimum Gasteiger partial charge on any atom is -0.457 e. The molecular formula is C22H21NO2S. The van der Waals surface area contributed by atoms with Gasteiger partial charge < -0.3 is 10.1 Å². The Hall–Kier alpha value is -2.72. The van der Waals surface area contributed by atoms with Crippen molar-refractivity contribution >= 4 is 23.4 Å². The fourth-order valence-electron chi connectivity index (χ4n) is 2.44. The first-order valence-corrected chi connectivity index (χ1v) is 9.48. The van der Waals surface area contributed by atoms with E-state index in [1.54, 1.807) is 11.8 Å². The van der Waals surface area contributed by atoms with Gasteiger partial charge in [0.2, 0.25) is 5.91 Å². The van der Waals surface area contributed by atoms with Crippen LogP contribution in [0.4, 0.5) is 5.69 Å². The van der Waals surface area contributed by atoms with Crippen LogP contribution in [0.1, 0.15) is 13.3 Å². The summed E-state index contributed by atoms with van der Waals surface area (Å²) >= 11 is 1.58. The molecule has 0 saturated carbocycles. The SMILES string of the molecule is CCC(Sc1ccccc1)C(=O)Nc1ccc(Oc2ccccc2)cc1. The highest BCUT2D eigenvalue weighted by atomic mass is 32.2. The van der Waals surface area contributed by atoms with E-state index in [-0.39, 0.29) is 11.2 Å². The zero-order valence-corrected chi connectivity index (χ0v) is 15.4. The normalized spacial score (nSPS) is 11.6. The Morgan fingerprint density at radius 3 is 2.08 bits per heavy atom. The summed E-state index contributed by atoms with van der Waals surface area (Å²) in [7, 11) is 0. The van der Waals surface area contributed by atoms with Gasteiger partial charge in [-0.05, 0) is 55.0 Å². The zero-order valence-electron chi connectivity index (χ0n) is 14.6. The molecule has 0 aromatic heterocycles. The minimum atomic E-state index is -0.127. The van der Waals surface area contributed by atoms with E-state index in [0.29, 0.717) is 0 Å². The molecule has 0 aliphatic heterocycles. The number of hydrogen-bond acceptors (Lipinski definition) is 3. The van der Waals surface area contributed by atoms with Gasteiger partial charge in [0.1, 0.15) is 11.5 Å². The van der Waals surface area contributed by atoms with Gasteiger partial charge in [-0.3, -0.25) is 4.79 Å². The summed E-state index contributed by atoms with van der Waals surface area (Å²) in [4.78, 5) is 13.7. The number of amides is 1. The highest BCUT2D eigenvalue weighted by Gasteiger charge is 2.18. The quantitative estimate of drug-likeness (QED) is 0.524. The third-order valence-electron chi connectivity index (χ3n) is 3.79. The van der Waals surface area contributed by atoms with Crippen molar-refractivity contribution in [2.24, 2.45) is 0 Å². The Labute approximate surface area is 158 Å². The van der Waals surface area contributed by atoms with Crippen molar-refractivity contribution in [1.82, 2.24) is 0 Å². The van der Waals surface area contributed by atoms with Crippen molar-refractivity contribution in [3.8, 4) is 11.5 Å². The van der Waals surface area contributed by atoms with Crippen molar-refractivity contribution in [2.75, 3.05) is 5.32 Å². The first-order valence-electron chi connectivity index (χ1n) is 8.60. The fraction of sp³-hybridized carbons (Fsp3) is 0.136. The molecule has 3 aromatic rings. The number of thioether (sulfide) groups is 1. The molecule has 132 valence electrons. The van der Waals surface area contributed by atoms with E-state index in [2.05, 4.69) is 5.32 Å². The second-order valence-corrected chi connectivity index (χ2v) is 7.03. The second-order valence-electron chi connectivity index (χ2n) is 5.76. The van der Waals surface area contributed by atoms with Gasteiger partial charge in [-0.1, -0.05) is 43.3 Å². The Bertz CT molecular complexity index is 820. The van der Waals surface area contributed by atoms with E-state index >= 15 is 0 Å². The number of ether oxygens (including phenoxy) is 1. The number of carbonyl (C=O) groups excluding carboxylic acids is 1. The number of rotatable bonds is 7. The zero-order chi connectivity index (χ0) is 18.2. The molecule has 0 saturated heterocycles. The lowest BCUT2D eigenvalue weighted by atomic mass is 10.2. The molecule has 1 unspecified atom stereocenters. The largest absolute Gasteiger partial charge is 0.457 e. The molecule has 3 nitrogen and oxygen atoms in total. The topological polar surface area (TPSA) is 38.3 Å². The maximum absolute atomic E-state index is 12.6. The highest BCUT2D eigenvalue weighted by Crippen LogP contribution is 2.27. The van der Waals surface area contributed by atoms with Crippen molar-refractivity contribution in [3.05, 3.63) is 84.9 Å². The van der Waals surface area contributed by atoms with Gasteiger partial charge >= 0.3 is 0 Å². The van der Waals surface area contributed by atoms with E-state index in [9.17, 15) is 4.79 Å². The summed E-state index contributed by atoms with van der Waals surface area (Å²) in [5.41, 5.74) is 0.766. The lowest BCUT2D eigenvalue weighted by molar-refractivity contribution is -0.115. The summed E-state index contributed by atoms with van der Waals surface area (Å²) in [5, 5.41) is 2.86. The van der Waals surface area contributed by atoms with Crippen LogP contribution in [0.25, 0.3) is 0 Å². The molecule has 0 aliphatic rings. The Kier molecular flexibility index (Phi) is 6.34. The maximum Gasteiger partial charge on any atom is 0.237 e. The molecule has 1 amide bonds. The number of para-hydroxylation sites is 1. The van der Waals surface area contributed by atoms with Crippen LogP contribution in [0.3, 0.4) is 0 Å². The predicted octanol–water partition coefficient (Wildman–Crippen LogP) is 5.99. The summed E-state index contributed by atoms with van der Waals surface area (Å²) in [5.74, 6) is 1.53. The molecule has 0 radical (unpaired) electrons. The van der Waals surface area contributed by atoms with Crippen molar-refractivity contribution in [3.63, 3.8) is 0 Å². The summed E-state index contributed by atoms with van der Waals surface area (Å²) in [6.45, 7) is 2.02. The van der Waals surface area contributed by atoms with Gasteiger partial charge in [0.05, 0.1) is 5.25 Å². The second kappa shape index (κ2) is 9.11. The third-order valence-corrected chi connectivity index (χ3v) is 5.16. The Balaban J connectivity index is 1.59. The van der Waals surface area contributed by atoms with Gasteiger partial charge in [0.15, 0.2) is 0 Å². The van der Waals surface area contributed by atoms with E-state index in [1.165, 1.54) is 0 Å². The van der Waals surface area contributed by atoms with Gasteiger partial charge in [0, 0.05) is 10.6 Å². The van der Waals surface area contributed by atoms with Crippen LogP contribution in [0.5, 0.6) is 11.5 Å². The van der Waals surface area contributed by atoms with Crippen LogP contribution in [0.15, 0.2) is 89.8 Å². The van der Waals surface area contributed by atoms with Crippen LogP contribution < -0.4 is 10.1 Å². The minimum absolute atomic E-state index is 0.0121. The number of anilines is 1. The van der Waals surface area contributed by atoms with Crippen molar-refractivity contribution < 1.29 is 9.53 Å². The van der Waals surface area contributed by atoms with Crippen LogP contribution in [-0.4, -0.2) is 11.2 Å². The van der Waals surface area contributed by atoms with E-state index in [1.807, 2.05) is 91.9 Å². The lowest BCUT2D eigenvalue weighted by Gasteiger charge is -2.15. The van der Waals surface area contributed by atoms with Crippen LogP contribution >= 0.6 is 11.8 Å². The number of benzene rings is 3. The van der Waals surface area contributed by atoms with Gasteiger partial charge in [-0.15, -0.1) is 11.8 Å². The average molecular weight is 363 g/mol. The molecular weight excluding hydrogens is 342 g/mol. The van der Waals surface area contributed by atoms with Gasteiger partial charge in [-0.25, -0.2) is 0 Å². The van der Waals surface area contributed by atoms with Crippen molar-refractivity contribution in [2.45, 2.75) is 23.5 Å². The predicted molar refractivity (Wildman–Crippen MR) is 108 cm³/mol. The molecule has 3 aromatic carbocycles. The first-order chi connectivity index (χ1) is 12.7. The molecule has 0 spiro atoms. The highest BCUT2D eigenvalue weighted by molar-refractivity contribution is 8.00. The summed E-state index contributed by atoms with van der Waals surface area (Å²) in [6.07, 6.45) is 0.764. The maximum atomic E-state index is 12.6. The van der Waals surface area contributed by atoms with Crippen LogP contribution in [0, 0.1) is 0 Å². The molecule has 0 bridgehead atoms. The van der Waals surface area contributed by atoms with Crippen LogP contribution in [-0.2, 0) is 4.79 Å². The molecule has 1 atom stereocenters. The lowest BCUT2D eigenvalue weighted by Crippen LogP contribution is -2.24. The average Bonchev–Trinajstić information content (AvgIpc) is 2.69. The molecule has 1 N–H and O–H groups in total. The van der Waals surface area contributed by atoms with E-state index in [0.717, 1.165) is 28.5 Å². The Morgan fingerprint density at radius 1 is 0.885 bits per heavy atom. The standard InChI is InChI=1S/C22H21NO2S/c1-2-21(26-20-11-7-4-8-12-20)22(24)23-17-13-15-19(16-14-17)25-18-9-5-3-6-10-18/h3-16,21H,2H2,1H3,(H,23,24). The summed E-state index contributed by atoms with van der Waals surface area (Å²) in [6, 6.07) is 27.0. The number of nitrogens with one attached hydrogen (secondary N) is 1. The summed E-state index contributed by atoms with van der Waals surface area (Å²) < 4.78 is 5.77. The third kappa shape index (κ3) is 5.14. The van der Waals surface area contributed by atoms with E-state index in [4.69, 9.17) is 4.74 Å². The van der Waals surface area contributed by atoms with Crippen LogP contribution in [0.2, 0.25) is 0 Å². The smallest absolute Gasteiger partial charge is 0.237 e. The molecule has 0 heterocycles. The molecule has 26 heavy (non-hydrogen) atoms. The number of carbonyl (C=O) groups is 1. The first kappa shape index (κ1) is 18.1.